The SMILES string of the molecule is CC(=O)NCCCCCC(=O)NCc1cccc(-c2cccc([C@@H]3O[C@H](CN(C)Cc4ccccc4)[C@H](C)[C@H](c4ccc(CO)cc4)O3)c2)c1. The molecule has 1 saturated heterocycles. The Morgan fingerprint density at radius 3 is 2.22 bits per heavy atom. The number of benzene rings is 4. The molecule has 0 unspecified atom stereocenters. The van der Waals surface area contributed by atoms with Crippen molar-refractivity contribution in [1.82, 2.24) is 15.5 Å². The topological polar surface area (TPSA) is 100 Å². The Kier molecular flexibility index (Phi) is 13.7. The zero-order valence-corrected chi connectivity index (χ0v) is 29.5. The summed E-state index contributed by atoms with van der Waals surface area (Å²) in [5.41, 5.74) is 7.26. The fraction of sp³-hybridized carbons (Fsp3) is 0.381. The lowest BCUT2D eigenvalue weighted by atomic mass is 9.90. The molecule has 264 valence electrons. The van der Waals surface area contributed by atoms with E-state index < -0.39 is 6.29 Å². The average molecular weight is 678 g/mol. The lowest BCUT2D eigenvalue weighted by Gasteiger charge is -2.42. The van der Waals surface area contributed by atoms with Gasteiger partial charge in [-0.15, -0.1) is 0 Å². The third-order valence-electron chi connectivity index (χ3n) is 9.27. The number of amides is 2. The van der Waals surface area contributed by atoms with Gasteiger partial charge in [-0.2, -0.15) is 0 Å². The number of aliphatic hydroxyl groups excluding tert-OH is 1. The van der Waals surface area contributed by atoms with Crippen LogP contribution in [0.1, 0.15) is 79.7 Å². The highest BCUT2D eigenvalue weighted by molar-refractivity contribution is 5.76. The summed E-state index contributed by atoms with van der Waals surface area (Å²) >= 11 is 0. The number of hydrogen-bond donors (Lipinski definition) is 3. The maximum Gasteiger partial charge on any atom is 0.220 e. The van der Waals surface area contributed by atoms with Gasteiger partial charge >= 0.3 is 0 Å². The molecule has 1 aliphatic rings. The Bertz CT molecular complexity index is 1660. The zero-order chi connectivity index (χ0) is 35.3. The Morgan fingerprint density at radius 2 is 1.48 bits per heavy atom. The molecule has 4 aromatic rings. The summed E-state index contributed by atoms with van der Waals surface area (Å²) in [4.78, 5) is 25.8. The number of carbonyl (C=O) groups is 2. The Labute approximate surface area is 296 Å². The summed E-state index contributed by atoms with van der Waals surface area (Å²) in [5.74, 6) is 0.0922. The Morgan fingerprint density at radius 1 is 0.760 bits per heavy atom. The molecule has 2 amide bonds. The highest BCUT2D eigenvalue weighted by atomic mass is 16.7. The molecule has 50 heavy (non-hydrogen) atoms. The van der Waals surface area contributed by atoms with Gasteiger partial charge in [0.15, 0.2) is 6.29 Å². The lowest BCUT2D eigenvalue weighted by molar-refractivity contribution is -0.276. The molecule has 0 aliphatic carbocycles. The van der Waals surface area contributed by atoms with Gasteiger partial charge < -0.3 is 25.2 Å². The van der Waals surface area contributed by atoms with E-state index in [0.29, 0.717) is 19.5 Å². The largest absolute Gasteiger partial charge is 0.392 e. The summed E-state index contributed by atoms with van der Waals surface area (Å²) in [5, 5.41) is 15.5. The van der Waals surface area contributed by atoms with Crippen molar-refractivity contribution in [3.05, 3.63) is 131 Å². The number of likely N-dealkylation sites (N-methyl/N-ethyl adjacent to an activating group) is 1. The van der Waals surface area contributed by atoms with Gasteiger partial charge in [-0.25, -0.2) is 0 Å². The number of hydrogen-bond acceptors (Lipinski definition) is 6. The third kappa shape index (κ3) is 10.8. The molecule has 0 bridgehead atoms. The normalized spacial score (nSPS) is 18.9. The summed E-state index contributed by atoms with van der Waals surface area (Å²) in [6, 6.07) is 35.0. The van der Waals surface area contributed by atoms with Gasteiger partial charge in [0.1, 0.15) is 0 Å². The first-order valence-electron chi connectivity index (χ1n) is 17.7. The van der Waals surface area contributed by atoms with Crippen LogP contribution in [0, 0.1) is 5.92 Å². The van der Waals surface area contributed by atoms with Gasteiger partial charge in [-0.05, 0) is 65.4 Å². The summed E-state index contributed by atoms with van der Waals surface area (Å²) < 4.78 is 13.5. The Balaban J connectivity index is 1.27. The lowest BCUT2D eigenvalue weighted by Crippen LogP contribution is -2.43. The number of rotatable bonds is 16. The quantitative estimate of drug-likeness (QED) is 0.110. The minimum absolute atomic E-state index is 0.00247. The second kappa shape index (κ2) is 18.6. The van der Waals surface area contributed by atoms with Crippen molar-refractivity contribution < 1.29 is 24.2 Å². The van der Waals surface area contributed by atoms with E-state index in [1.807, 2.05) is 36.4 Å². The standard InChI is InChI=1S/C42H51N3O5/c1-30-39(28-45(3)27-32-12-6-4-7-13-32)49-42(50-41(30)35-21-19-33(29-46)20-22-35)38-17-11-16-37(25-38)36-15-10-14-34(24-36)26-44-40(48)18-8-5-9-23-43-31(2)47/h4,6-7,10-17,19-22,24-25,30,39,41-42,46H,5,8-9,18,23,26-29H2,1-3H3,(H,43,47)(H,44,48)/t30-,39+,41+,42+/m0/s1. The van der Waals surface area contributed by atoms with Crippen LogP contribution >= 0.6 is 0 Å². The fourth-order valence-electron chi connectivity index (χ4n) is 6.46. The third-order valence-corrected chi connectivity index (χ3v) is 9.27. The number of ether oxygens (including phenoxy) is 2. The van der Waals surface area contributed by atoms with E-state index in [4.69, 9.17) is 9.47 Å². The molecule has 5 rings (SSSR count). The van der Waals surface area contributed by atoms with Gasteiger partial charge in [0.2, 0.25) is 11.8 Å². The molecule has 4 aromatic carbocycles. The summed E-state index contributed by atoms with van der Waals surface area (Å²) in [6.45, 7) is 6.38. The van der Waals surface area contributed by atoms with Crippen LogP contribution in [0.25, 0.3) is 11.1 Å². The van der Waals surface area contributed by atoms with Crippen molar-refractivity contribution >= 4 is 11.8 Å². The van der Waals surface area contributed by atoms with Crippen LogP contribution < -0.4 is 10.6 Å². The second-order valence-electron chi connectivity index (χ2n) is 13.4. The first-order chi connectivity index (χ1) is 24.3. The van der Waals surface area contributed by atoms with E-state index in [2.05, 4.69) is 96.2 Å². The van der Waals surface area contributed by atoms with E-state index in [1.165, 1.54) is 12.5 Å². The monoisotopic (exact) mass is 677 g/mol. The summed E-state index contributed by atoms with van der Waals surface area (Å²) in [7, 11) is 2.13. The molecule has 8 nitrogen and oxygen atoms in total. The number of carbonyl (C=O) groups excluding carboxylic acids is 2. The van der Waals surface area contributed by atoms with Crippen molar-refractivity contribution in [2.75, 3.05) is 20.1 Å². The van der Waals surface area contributed by atoms with Crippen LogP contribution in [0.4, 0.5) is 0 Å². The maximum atomic E-state index is 12.5. The van der Waals surface area contributed by atoms with E-state index in [-0.39, 0.29) is 36.5 Å². The molecule has 8 heteroatoms. The smallest absolute Gasteiger partial charge is 0.220 e. The fourth-order valence-corrected chi connectivity index (χ4v) is 6.46. The number of nitrogens with zero attached hydrogens (tertiary/aromatic N) is 1. The minimum Gasteiger partial charge on any atom is -0.392 e. The van der Waals surface area contributed by atoms with Crippen LogP contribution in [0.5, 0.6) is 0 Å². The predicted octanol–water partition coefficient (Wildman–Crippen LogP) is 7.08. The summed E-state index contributed by atoms with van der Waals surface area (Å²) in [6.07, 6.45) is 2.19. The molecule has 1 fully saturated rings. The number of unbranched alkanes of at least 4 members (excludes halogenated alkanes) is 2. The van der Waals surface area contributed by atoms with Crippen LogP contribution in [-0.4, -0.2) is 48.1 Å². The van der Waals surface area contributed by atoms with Crippen molar-refractivity contribution in [3.63, 3.8) is 0 Å². The molecule has 0 radical (unpaired) electrons. The van der Waals surface area contributed by atoms with E-state index in [0.717, 1.165) is 65.7 Å². The molecule has 3 N–H and O–H groups in total. The van der Waals surface area contributed by atoms with Gasteiger partial charge in [-0.3, -0.25) is 14.5 Å². The zero-order valence-electron chi connectivity index (χ0n) is 29.5. The molecule has 0 spiro atoms. The first-order valence-corrected chi connectivity index (χ1v) is 17.7. The minimum atomic E-state index is -0.565. The van der Waals surface area contributed by atoms with Crippen LogP contribution in [0.15, 0.2) is 103 Å². The van der Waals surface area contributed by atoms with Crippen molar-refractivity contribution in [2.45, 2.75) is 77.7 Å². The molecule has 1 aliphatic heterocycles. The van der Waals surface area contributed by atoms with Crippen LogP contribution in [-0.2, 0) is 38.8 Å². The number of aliphatic hydroxyl groups is 1. The van der Waals surface area contributed by atoms with E-state index in [1.54, 1.807) is 0 Å². The van der Waals surface area contributed by atoms with E-state index in [9.17, 15) is 14.7 Å². The molecule has 0 aromatic heterocycles. The molecular weight excluding hydrogens is 626 g/mol. The van der Waals surface area contributed by atoms with Crippen LogP contribution in [0.2, 0.25) is 0 Å². The highest BCUT2D eigenvalue weighted by Crippen LogP contribution is 2.42. The molecule has 1 heterocycles. The van der Waals surface area contributed by atoms with Crippen molar-refractivity contribution in [1.29, 1.82) is 0 Å². The van der Waals surface area contributed by atoms with Gasteiger partial charge in [0.25, 0.3) is 0 Å². The highest BCUT2D eigenvalue weighted by Gasteiger charge is 2.39. The van der Waals surface area contributed by atoms with Gasteiger partial charge in [-0.1, -0.05) is 104 Å². The Hall–Kier alpha value is -4.34. The van der Waals surface area contributed by atoms with Crippen molar-refractivity contribution in [2.24, 2.45) is 5.92 Å². The maximum absolute atomic E-state index is 12.5. The van der Waals surface area contributed by atoms with Gasteiger partial charge in [0.05, 0.1) is 18.8 Å². The van der Waals surface area contributed by atoms with E-state index >= 15 is 0 Å². The van der Waals surface area contributed by atoms with Gasteiger partial charge in [0, 0.05) is 51.0 Å². The second-order valence-corrected chi connectivity index (χ2v) is 13.4. The average Bonchev–Trinajstić information content (AvgIpc) is 3.13. The first kappa shape index (κ1) is 36.9. The predicted molar refractivity (Wildman–Crippen MR) is 197 cm³/mol. The molecular formula is C42H51N3O5. The molecule has 4 atom stereocenters. The number of nitrogens with one attached hydrogen (secondary N) is 2. The molecule has 0 saturated carbocycles. The van der Waals surface area contributed by atoms with Crippen molar-refractivity contribution in [3.8, 4) is 11.1 Å². The van der Waals surface area contributed by atoms with Crippen LogP contribution in [0.3, 0.4) is 0 Å².